The fraction of sp³-hybridized carbons (Fsp3) is 0.267. The average molecular weight is 266 g/mol. The Labute approximate surface area is 115 Å². The lowest BCUT2D eigenvalue weighted by Gasteiger charge is -2.02. The van der Waals surface area contributed by atoms with Crippen LogP contribution in [0.3, 0.4) is 0 Å². The Bertz CT molecular complexity index is 758. The predicted octanol–water partition coefficient (Wildman–Crippen LogP) is 2.69. The summed E-state index contributed by atoms with van der Waals surface area (Å²) in [4.78, 5) is 8.79. The van der Waals surface area contributed by atoms with Crippen LogP contribution in [0.15, 0.2) is 41.1 Å². The second kappa shape index (κ2) is 4.38. The van der Waals surface area contributed by atoms with Crippen LogP contribution in [-0.2, 0) is 0 Å². The third-order valence-electron chi connectivity index (χ3n) is 3.75. The second-order valence-corrected chi connectivity index (χ2v) is 5.20. The van der Waals surface area contributed by atoms with Gasteiger partial charge in [-0.3, -0.25) is 4.98 Å². The molecule has 3 aromatic rings. The van der Waals surface area contributed by atoms with Crippen LogP contribution in [-0.4, -0.2) is 15.1 Å². The first-order chi connectivity index (χ1) is 9.83. The lowest BCUT2D eigenvalue weighted by molar-refractivity contribution is 0.412. The van der Waals surface area contributed by atoms with Gasteiger partial charge in [-0.15, -0.1) is 0 Å². The minimum absolute atomic E-state index is 0.111. The van der Waals surface area contributed by atoms with Gasteiger partial charge in [0.1, 0.15) is 0 Å². The monoisotopic (exact) mass is 266 g/mol. The van der Waals surface area contributed by atoms with Gasteiger partial charge in [0.05, 0.1) is 17.1 Å². The Kier molecular flexibility index (Phi) is 2.53. The van der Waals surface area contributed by atoms with Gasteiger partial charge >= 0.3 is 0 Å². The number of para-hydroxylation sites is 1. The Morgan fingerprint density at radius 2 is 2.05 bits per heavy atom. The topological polar surface area (TPSA) is 77.8 Å². The van der Waals surface area contributed by atoms with E-state index in [0.29, 0.717) is 17.6 Å². The van der Waals surface area contributed by atoms with Crippen molar-refractivity contribution in [2.24, 2.45) is 11.7 Å². The fourth-order valence-electron chi connectivity index (χ4n) is 2.43. The third kappa shape index (κ3) is 1.87. The van der Waals surface area contributed by atoms with Crippen LogP contribution < -0.4 is 5.73 Å². The molecule has 1 aliphatic carbocycles. The summed E-state index contributed by atoms with van der Waals surface area (Å²) in [6.07, 6.45) is 4.06. The van der Waals surface area contributed by atoms with Crippen molar-refractivity contribution in [3.05, 3.63) is 42.4 Å². The van der Waals surface area contributed by atoms with Crippen LogP contribution in [0.2, 0.25) is 0 Å². The molecule has 1 aromatic carbocycles. The summed E-state index contributed by atoms with van der Waals surface area (Å²) >= 11 is 0. The summed E-state index contributed by atoms with van der Waals surface area (Å²) in [7, 11) is 0. The highest BCUT2D eigenvalue weighted by Crippen LogP contribution is 2.39. The van der Waals surface area contributed by atoms with Crippen LogP contribution in [0.1, 0.15) is 24.7 Å². The molecule has 1 fully saturated rings. The number of benzene rings is 1. The standard InChI is InChI=1S/C15H14N4O/c16-13(9-5-6-9)14-18-15(20-19-14)11-7-8-17-12-4-2-1-3-10(11)12/h1-4,7-9,13H,5-6,16H2. The zero-order chi connectivity index (χ0) is 13.5. The molecular weight excluding hydrogens is 252 g/mol. The number of rotatable bonds is 3. The Hall–Kier alpha value is -2.27. The van der Waals surface area contributed by atoms with Gasteiger partial charge in [-0.2, -0.15) is 4.98 Å². The maximum atomic E-state index is 6.11. The summed E-state index contributed by atoms with van der Waals surface area (Å²) in [6, 6.07) is 9.68. The Balaban J connectivity index is 1.79. The van der Waals surface area contributed by atoms with Gasteiger partial charge in [0.25, 0.3) is 5.89 Å². The van der Waals surface area contributed by atoms with Crippen LogP contribution in [0.5, 0.6) is 0 Å². The Morgan fingerprint density at radius 3 is 2.90 bits per heavy atom. The van der Waals surface area contributed by atoms with Crippen LogP contribution >= 0.6 is 0 Å². The van der Waals surface area contributed by atoms with Crippen LogP contribution in [0, 0.1) is 5.92 Å². The van der Waals surface area contributed by atoms with Crippen molar-refractivity contribution in [1.82, 2.24) is 15.1 Å². The molecule has 2 heterocycles. The molecule has 100 valence electrons. The van der Waals surface area contributed by atoms with Gasteiger partial charge in [0, 0.05) is 11.6 Å². The minimum atomic E-state index is -0.111. The number of pyridine rings is 1. The fourth-order valence-corrected chi connectivity index (χ4v) is 2.43. The average Bonchev–Trinajstić information content (AvgIpc) is 3.23. The van der Waals surface area contributed by atoms with E-state index < -0.39 is 0 Å². The second-order valence-electron chi connectivity index (χ2n) is 5.20. The highest BCUT2D eigenvalue weighted by Gasteiger charge is 2.32. The highest BCUT2D eigenvalue weighted by molar-refractivity contribution is 5.91. The number of aromatic nitrogens is 3. The number of nitrogens with two attached hydrogens (primary N) is 1. The molecule has 0 aliphatic heterocycles. The molecule has 4 rings (SSSR count). The molecule has 5 nitrogen and oxygen atoms in total. The number of hydrogen-bond acceptors (Lipinski definition) is 5. The predicted molar refractivity (Wildman–Crippen MR) is 74.7 cm³/mol. The normalized spacial score (nSPS) is 16.4. The summed E-state index contributed by atoms with van der Waals surface area (Å²) in [5.41, 5.74) is 7.92. The number of fused-ring (bicyclic) bond motifs is 1. The Morgan fingerprint density at radius 1 is 1.20 bits per heavy atom. The van der Waals surface area contributed by atoms with Crippen molar-refractivity contribution in [2.45, 2.75) is 18.9 Å². The van der Waals surface area contributed by atoms with Crippen LogP contribution in [0.25, 0.3) is 22.4 Å². The van der Waals surface area contributed by atoms with Crippen molar-refractivity contribution < 1.29 is 4.52 Å². The maximum Gasteiger partial charge on any atom is 0.258 e. The molecule has 1 atom stereocenters. The maximum absolute atomic E-state index is 6.11. The van der Waals surface area contributed by atoms with E-state index in [9.17, 15) is 0 Å². The summed E-state index contributed by atoms with van der Waals surface area (Å²) in [6.45, 7) is 0. The summed E-state index contributed by atoms with van der Waals surface area (Å²) in [5, 5.41) is 5.03. The van der Waals surface area contributed by atoms with Crippen molar-refractivity contribution in [3.8, 4) is 11.5 Å². The molecule has 20 heavy (non-hydrogen) atoms. The molecule has 0 radical (unpaired) electrons. The van der Waals surface area contributed by atoms with Crippen molar-refractivity contribution in [3.63, 3.8) is 0 Å². The van der Waals surface area contributed by atoms with Crippen molar-refractivity contribution in [2.75, 3.05) is 0 Å². The van der Waals surface area contributed by atoms with Gasteiger partial charge in [0.15, 0.2) is 5.82 Å². The van der Waals surface area contributed by atoms with Crippen molar-refractivity contribution >= 4 is 10.9 Å². The summed E-state index contributed by atoms with van der Waals surface area (Å²) < 4.78 is 5.39. The van der Waals surface area contributed by atoms with E-state index in [-0.39, 0.29) is 6.04 Å². The first-order valence-electron chi connectivity index (χ1n) is 6.76. The zero-order valence-electron chi connectivity index (χ0n) is 10.9. The van der Waals surface area contributed by atoms with Gasteiger partial charge < -0.3 is 10.3 Å². The van der Waals surface area contributed by atoms with E-state index >= 15 is 0 Å². The first-order valence-corrected chi connectivity index (χ1v) is 6.76. The van der Waals surface area contributed by atoms with Gasteiger partial charge in [0.2, 0.25) is 0 Å². The van der Waals surface area contributed by atoms with Crippen LogP contribution in [0.4, 0.5) is 0 Å². The largest absolute Gasteiger partial charge is 0.334 e. The minimum Gasteiger partial charge on any atom is -0.334 e. The molecule has 0 saturated heterocycles. The number of hydrogen-bond donors (Lipinski definition) is 1. The quantitative estimate of drug-likeness (QED) is 0.788. The van der Waals surface area contributed by atoms with E-state index in [1.165, 1.54) is 0 Å². The lowest BCUT2D eigenvalue weighted by Crippen LogP contribution is -2.13. The molecule has 0 amide bonds. The van der Waals surface area contributed by atoms with E-state index in [4.69, 9.17) is 10.3 Å². The lowest BCUT2D eigenvalue weighted by atomic mass is 10.1. The van der Waals surface area contributed by atoms with Crippen molar-refractivity contribution in [1.29, 1.82) is 0 Å². The molecule has 5 heteroatoms. The molecule has 1 unspecified atom stereocenters. The number of nitrogens with zero attached hydrogens (tertiary/aromatic N) is 3. The van der Waals surface area contributed by atoms with Gasteiger partial charge in [-0.25, -0.2) is 0 Å². The van der Waals surface area contributed by atoms with E-state index in [1.807, 2.05) is 30.3 Å². The van der Waals surface area contributed by atoms with Gasteiger partial charge in [-0.1, -0.05) is 23.4 Å². The van der Waals surface area contributed by atoms with E-state index in [2.05, 4.69) is 15.1 Å². The molecule has 1 saturated carbocycles. The molecule has 2 aromatic heterocycles. The van der Waals surface area contributed by atoms with E-state index in [0.717, 1.165) is 29.3 Å². The molecule has 1 aliphatic rings. The first kappa shape index (κ1) is 11.5. The molecule has 0 bridgehead atoms. The smallest absolute Gasteiger partial charge is 0.258 e. The SMILES string of the molecule is NC(c1noc(-c2ccnc3ccccc23)n1)C1CC1. The molecule has 0 spiro atoms. The van der Waals surface area contributed by atoms with E-state index in [1.54, 1.807) is 6.20 Å². The molecule has 2 N–H and O–H groups in total. The third-order valence-corrected chi connectivity index (χ3v) is 3.75. The zero-order valence-corrected chi connectivity index (χ0v) is 10.9. The molecular formula is C15H14N4O. The van der Waals surface area contributed by atoms with Gasteiger partial charge in [-0.05, 0) is 30.9 Å². The highest BCUT2D eigenvalue weighted by atomic mass is 16.5. The summed E-state index contributed by atoms with van der Waals surface area (Å²) in [5.74, 6) is 1.62.